The molecule has 0 N–H and O–H groups in total. The van der Waals surface area contributed by atoms with E-state index in [1.54, 1.807) is 0 Å². The molecule has 0 aliphatic carbocycles. The first-order valence-electron chi connectivity index (χ1n) is 5.00. The van der Waals surface area contributed by atoms with E-state index in [0.29, 0.717) is 0 Å². The van der Waals surface area contributed by atoms with Gasteiger partial charge in [0.25, 0.3) is 6.17 Å². The Bertz CT molecular complexity index is 410. The number of hydrogen-bond donors (Lipinski definition) is 0. The smallest absolute Gasteiger partial charge is 0.366 e. The molecule has 0 aromatic carbocycles. The Morgan fingerprint density at radius 2 is 1.27 bits per heavy atom. The first-order chi connectivity index (χ1) is 9.47. The zero-order valence-electron chi connectivity index (χ0n) is 9.71. The summed E-state index contributed by atoms with van der Waals surface area (Å²) >= 11 is 0. The Morgan fingerprint density at radius 3 is 1.41 bits per heavy atom. The van der Waals surface area contributed by atoms with Gasteiger partial charge in [-0.05, 0) is 0 Å². The van der Waals surface area contributed by atoms with E-state index in [-0.39, 0.29) is 0 Å². The van der Waals surface area contributed by atoms with Crippen molar-refractivity contribution in [3.63, 3.8) is 0 Å². The van der Waals surface area contributed by atoms with Crippen LogP contribution in [0.4, 0.5) is 52.7 Å². The Morgan fingerprint density at radius 1 is 0.909 bits per heavy atom. The molecular weight excluding hydrogens is 356 g/mol. The van der Waals surface area contributed by atoms with Gasteiger partial charge in [0, 0.05) is 0 Å². The molecule has 2 aliphatic rings. The molecule has 2 aliphatic heterocycles. The molecule has 2 nitrogen and oxygen atoms in total. The highest BCUT2D eigenvalue weighted by molar-refractivity contribution is 4.99. The normalized spacial score (nSPS) is 31.9. The molecule has 3 unspecified atom stereocenters. The summed E-state index contributed by atoms with van der Waals surface area (Å²) in [5, 5.41) is 0. The first kappa shape index (κ1) is 19.1. The lowest BCUT2D eigenvalue weighted by atomic mass is 10.1. The van der Waals surface area contributed by atoms with Gasteiger partial charge in [0.15, 0.2) is 0 Å². The van der Waals surface area contributed by atoms with E-state index >= 15 is 0 Å². The summed E-state index contributed by atoms with van der Waals surface area (Å²) in [6.45, 7) is -0.524. The van der Waals surface area contributed by atoms with Crippen molar-refractivity contribution in [1.29, 1.82) is 0 Å². The minimum absolute atomic E-state index is 0.524. The molecule has 0 radical (unpaired) electrons. The predicted molar refractivity (Wildman–Crippen MR) is 41.6 cm³/mol. The Kier molecular flexibility index (Phi) is 4.38. The average molecular weight is 360 g/mol. The van der Waals surface area contributed by atoms with E-state index in [0.717, 1.165) is 0 Å². The number of hydrogen-bond acceptors (Lipinski definition) is 2. The molecule has 2 saturated heterocycles. The van der Waals surface area contributed by atoms with Crippen LogP contribution in [0.15, 0.2) is 0 Å². The van der Waals surface area contributed by atoms with Crippen LogP contribution < -0.4 is 0 Å². The largest absolute Gasteiger partial charge is 0.458 e. The summed E-state index contributed by atoms with van der Waals surface area (Å²) in [7, 11) is 0. The molecule has 2 fully saturated rings. The predicted octanol–water partition coefficient (Wildman–Crippen LogP) is 3.76. The van der Waals surface area contributed by atoms with Crippen molar-refractivity contribution < 1.29 is 62.2 Å². The fourth-order valence-electron chi connectivity index (χ4n) is 1.03. The number of ether oxygens (including phenoxy) is 2. The fraction of sp³-hybridized carbons (Fsp3) is 1.00. The standard InChI is InChI=1S/C5H4F6O.C3F6O/c6-3(5(9,10)11)4(7,8)2-1-12-2;4-1(2(5,6)7)3(8,9)10-1/h2-3H,1H2;. The van der Waals surface area contributed by atoms with Crippen molar-refractivity contribution in [3.8, 4) is 0 Å². The molecular formula is C8H4F12O2. The lowest BCUT2D eigenvalue weighted by Crippen LogP contribution is -2.45. The van der Waals surface area contributed by atoms with Crippen LogP contribution in [0.5, 0.6) is 0 Å². The number of halogens is 12. The van der Waals surface area contributed by atoms with Gasteiger partial charge in [-0.15, -0.1) is 0 Å². The van der Waals surface area contributed by atoms with Crippen LogP contribution >= 0.6 is 0 Å². The summed E-state index contributed by atoms with van der Waals surface area (Å²) in [5.41, 5.74) is 0. The molecule has 2 rings (SSSR count). The maximum absolute atomic E-state index is 12.3. The molecule has 0 aromatic heterocycles. The van der Waals surface area contributed by atoms with Gasteiger partial charge in [-0.25, -0.2) is 4.39 Å². The third kappa shape index (κ3) is 3.52. The van der Waals surface area contributed by atoms with Crippen LogP contribution in [0, 0.1) is 0 Å². The van der Waals surface area contributed by atoms with Gasteiger partial charge in [-0.3, -0.25) is 4.74 Å². The van der Waals surface area contributed by atoms with Gasteiger partial charge >= 0.3 is 30.2 Å². The second kappa shape index (κ2) is 5.04. The van der Waals surface area contributed by atoms with E-state index < -0.39 is 49.1 Å². The Balaban J connectivity index is 0.000000224. The topological polar surface area (TPSA) is 25.1 Å². The number of alkyl halides is 12. The van der Waals surface area contributed by atoms with Crippen LogP contribution in [0.25, 0.3) is 0 Å². The Hall–Kier alpha value is -0.920. The zero-order chi connectivity index (χ0) is 17.8. The highest BCUT2D eigenvalue weighted by Crippen LogP contribution is 2.60. The van der Waals surface area contributed by atoms with Crippen LogP contribution in [-0.2, 0) is 9.47 Å². The lowest BCUT2D eigenvalue weighted by molar-refractivity contribution is -0.248. The number of rotatable bonds is 2. The van der Waals surface area contributed by atoms with Gasteiger partial charge in [-0.1, -0.05) is 0 Å². The summed E-state index contributed by atoms with van der Waals surface area (Å²) in [6.07, 6.45) is -22.0. The highest BCUT2D eigenvalue weighted by atomic mass is 19.4. The summed E-state index contributed by atoms with van der Waals surface area (Å²) in [6, 6.07) is 0. The first-order valence-corrected chi connectivity index (χ1v) is 5.00. The van der Waals surface area contributed by atoms with E-state index in [4.69, 9.17) is 0 Å². The molecule has 0 saturated carbocycles. The SMILES string of the molecule is FC(C(F)(F)F)C(F)(F)C1CO1.FC(F)(F)C1(F)OC1(F)F. The lowest BCUT2D eigenvalue weighted by Gasteiger charge is -2.20. The van der Waals surface area contributed by atoms with Gasteiger partial charge in [0.2, 0.25) is 0 Å². The Labute approximate surface area is 113 Å². The third-order valence-electron chi connectivity index (χ3n) is 2.35. The van der Waals surface area contributed by atoms with Crippen LogP contribution in [0.1, 0.15) is 0 Å². The fourth-order valence-corrected chi connectivity index (χ4v) is 1.03. The highest BCUT2D eigenvalue weighted by Gasteiger charge is 2.90. The van der Waals surface area contributed by atoms with Crippen LogP contribution in [0.2, 0.25) is 0 Å². The summed E-state index contributed by atoms with van der Waals surface area (Å²) in [4.78, 5) is 0. The summed E-state index contributed by atoms with van der Waals surface area (Å²) in [5.74, 6) is -9.21. The molecule has 0 spiro atoms. The minimum atomic E-state index is -5.66. The number of epoxide rings is 2. The minimum Gasteiger partial charge on any atom is -0.366 e. The molecule has 2 heterocycles. The average Bonchev–Trinajstić information content (AvgIpc) is 3.14. The van der Waals surface area contributed by atoms with Crippen LogP contribution in [-0.4, -0.2) is 49.1 Å². The van der Waals surface area contributed by atoms with E-state index in [1.165, 1.54) is 0 Å². The van der Waals surface area contributed by atoms with Gasteiger partial charge < -0.3 is 4.74 Å². The van der Waals surface area contributed by atoms with Gasteiger partial charge in [0.05, 0.1) is 6.61 Å². The van der Waals surface area contributed by atoms with E-state index in [2.05, 4.69) is 9.47 Å². The molecule has 132 valence electrons. The van der Waals surface area contributed by atoms with Crippen molar-refractivity contribution in [1.82, 2.24) is 0 Å². The van der Waals surface area contributed by atoms with Gasteiger partial charge in [0.1, 0.15) is 6.10 Å². The molecule has 3 atom stereocenters. The van der Waals surface area contributed by atoms with Crippen molar-refractivity contribution in [2.45, 2.75) is 42.5 Å². The van der Waals surface area contributed by atoms with E-state index in [9.17, 15) is 52.7 Å². The third-order valence-corrected chi connectivity index (χ3v) is 2.35. The quantitative estimate of drug-likeness (QED) is 0.554. The zero-order valence-corrected chi connectivity index (χ0v) is 9.71. The van der Waals surface area contributed by atoms with Crippen molar-refractivity contribution in [3.05, 3.63) is 0 Å². The molecule has 0 amide bonds. The summed E-state index contributed by atoms with van der Waals surface area (Å²) < 4.78 is 145. The maximum Gasteiger partial charge on any atom is 0.458 e. The molecule has 0 bridgehead atoms. The maximum atomic E-state index is 12.3. The second-order valence-corrected chi connectivity index (χ2v) is 4.11. The van der Waals surface area contributed by atoms with Crippen LogP contribution in [0.3, 0.4) is 0 Å². The van der Waals surface area contributed by atoms with Gasteiger partial charge in [-0.2, -0.15) is 48.3 Å². The van der Waals surface area contributed by atoms with Crippen molar-refractivity contribution >= 4 is 0 Å². The molecule has 14 heteroatoms. The molecule has 22 heavy (non-hydrogen) atoms. The van der Waals surface area contributed by atoms with Crippen molar-refractivity contribution in [2.24, 2.45) is 0 Å². The van der Waals surface area contributed by atoms with Crippen molar-refractivity contribution in [2.75, 3.05) is 6.61 Å². The second-order valence-electron chi connectivity index (χ2n) is 4.11. The monoisotopic (exact) mass is 360 g/mol. The molecule has 0 aromatic rings. The van der Waals surface area contributed by atoms with E-state index in [1.807, 2.05) is 0 Å².